The highest BCUT2D eigenvalue weighted by atomic mass is 16.5. The molecule has 0 radical (unpaired) electrons. The standard InChI is InChI=1S/C19H22N2O2/c22-19(16-11-20-23-13-16)15-9-17-7-4-8-18(10-15)21(17)12-14-5-2-1-3-6-14/h1-3,5-6,11,13,15,17-18H,4,7-10,12H2. The number of rotatable bonds is 4. The summed E-state index contributed by atoms with van der Waals surface area (Å²) in [6, 6.07) is 11.7. The van der Waals surface area contributed by atoms with Gasteiger partial charge in [0.1, 0.15) is 6.26 Å². The topological polar surface area (TPSA) is 46.3 Å². The van der Waals surface area contributed by atoms with Crippen molar-refractivity contribution in [3.63, 3.8) is 0 Å². The van der Waals surface area contributed by atoms with Crippen LogP contribution in [0.2, 0.25) is 0 Å². The Kier molecular flexibility index (Phi) is 4.00. The third kappa shape index (κ3) is 2.95. The van der Waals surface area contributed by atoms with Crippen LogP contribution in [-0.4, -0.2) is 27.9 Å². The zero-order chi connectivity index (χ0) is 15.6. The molecule has 23 heavy (non-hydrogen) atoms. The first kappa shape index (κ1) is 14.6. The molecule has 3 heterocycles. The molecule has 2 unspecified atom stereocenters. The van der Waals surface area contributed by atoms with E-state index in [1.165, 1.54) is 31.1 Å². The SMILES string of the molecule is O=C(c1cnoc1)C1CC2CCCC(C1)N2Cc1ccccc1. The van der Waals surface area contributed by atoms with Crippen molar-refractivity contribution in [1.29, 1.82) is 0 Å². The summed E-state index contributed by atoms with van der Waals surface area (Å²) in [5, 5.41) is 3.67. The maximum absolute atomic E-state index is 12.6. The lowest BCUT2D eigenvalue weighted by atomic mass is 9.75. The Labute approximate surface area is 136 Å². The quantitative estimate of drug-likeness (QED) is 0.808. The second kappa shape index (κ2) is 6.28. The van der Waals surface area contributed by atoms with Gasteiger partial charge in [-0.05, 0) is 31.2 Å². The summed E-state index contributed by atoms with van der Waals surface area (Å²) >= 11 is 0. The fourth-order valence-corrected chi connectivity index (χ4v) is 4.31. The van der Waals surface area contributed by atoms with E-state index in [4.69, 9.17) is 4.52 Å². The average molecular weight is 310 g/mol. The number of carbonyl (C=O) groups excluding carboxylic acids is 1. The van der Waals surface area contributed by atoms with Crippen LogP contribution in [0.1, 0.15) is 48.0 Å². The van der Waals surface area contributed by atoms with Gasteiger partial charge in [-0.25, -0.2) is 0 Å². The Morgan fingerprint density at radius 3 is 2.57 bits per heavy atom. The van der Waals surface area contributed by atoms with Gasteiger partial charge in [-0.2, -0.15) is 0 Å². The number of hydrogen-bond donors (Lipinski definition) is 0. The van der Waals surface area contributed by atoms with Crippen LogP contribution in [0.25, 0.3) is 0 Å². The van der Waals surface area contributed by atoms with Crippen LogP contribution in [0.5, 0.6) is 0 Å². The molecule has 1 aromatic heterocycles. The Morgan fingerprint density at radius 2 is 1.91 bits per heavy atom. The summed E-state index contributed by atoms with van der Waals surface area (Å²) in [4.78, 5) is 15.3. The summed E-state index contributed by atoms with van der Waals surface area (Å²) in [7, 11) is 0. The second-order valence-corrected chi connectivity index (χ2v) is 6.84. The van der Waals surface area contributed by atoms with Gasteiger partial charge in [0.2, 0.25) is 0 Å². The lowest BCUT2D eigenvalue weighted by Gasteiger charge is -2.48. The average Bonchev–Trinajstić information content (AvgIpc) is 3.09. The molecule has 2 atom stereocenters. The summed E-state index contributed by atoms with van der Waals surface area (Å²) in [6.07, 6.45) is 8.66. The molecule has 0 amide bonds. The molecule has 0 N–H and O–H groups in total. The van der Waals surface area contributed by atoms with Gasteiger partial charge in [-0.15, -0.1) is 0 Å². The van der Waals surface area contributed by atoms with Crippen molar-refractivity contribution in [1.82, 2.24) is 10.1 Å². The van der Waals surface area contributed by atoms with E-state index in [1.54, 1.807) is 6.20 Å². The van der Waals surface area contributed by atoms with Crippen LogP contribution in [0.15, 0.2) is 47.3 Å². The van der Waals surface area contributed by atoms with Gasteiger partial charge in [0, 0.05) is 24.5 Å². The van der Waals surface area contributed by atoms with E-state index >= 15 is 0 Å². The highest BCUT2D eigenvalue weighted by molar-refractivity contribution is 5.97. The van der Waals surface area contributed by atoms with Crippen molar-refractivity contribution in [2.45, 2.75) is 50.7 Å². The smallest absolute Gasteiger partial charge is 0.170 e. The van der Waals surface area contributed by atoms with Crippen molar-refractivity contribution in [2.24, 2.45) is 5.92 Å². The monoisotopic (exact) mass is 310 g/mol. The Hall–Kier alpha value is -1.94. The van der Waals surface area contributed by atoms with Crippen molar-refractivity contribution in [2.75, 3.05) is 0 Å². The molecule has 2 aliphatic rings. The number of Topliss-reactive ketones (excluding diaryl/α,β-unsaturated/α-hetero) is 1. The number of benzene rings is 1. The molecular formula is C19H22N2O2. The Bertz CT molecular complexity index is 639. The highest BCUT2D eigenvalue weighted by Gasteiger charge is 2.40. The number of ketones is 1. The maximum atomic E-state index is 12.6. The first-order valence-electron chi connectivity index (χ1n) is 8.54. The lowest BCUT2D eigenvalue weighted by molar-refractivity contribution is 0.00904. The van der Waals surface area contributed by atoms with E-state index in [9.17, 15) is 4.79 Å². The molecule has 4 nitrogen and oxygen atoms in total. The van der Waals surface area contributed by atoms with Gasteiger partial charge in [0.15, 0.2) is 5.78 Å². The van der Waals surface area contributed by atoms with Gasteiger partial charge in [-0.1, -0.05) is 41.9 Å². The molecule has 2 saturated heterocycles. The second-order valence-electron chi connectivity index (χ2n) is 6.84. The van der Waals surface area contributed by atoms with E-state index < -0.39 is 0 Å². The van der Waals surface area contributed by atoms with E-state index in [-0.39, 0.29) is 11.7 Å². The minimum Gasteiger partial charge on any atom is -0.364 e. The van der Waals surface area contributed by atoms with Crippen molar-refractivity contribution < 1.29 is 9.32 Å². The van der Waals surface area contributed by atoms with Crippen molar-refractivity contribution in [3.05, 3.63) is 53.9 Å². The van der Waals surface area contributed by atoms with Gasteiger partial charge < -0.3 is 4.52 Å². The van der Waals surface area contributed by atoms with Crippen LogP contribution in [0.4, 0.5) is 0 Å². The van der Waals surface area contributed by atoms with Gasteiger partial charge >= 0.3 is 0 Å². The first-order valence-corrected chi connectivity index (χ1v) is 8.54. The minimum absolute atomic E-state index is 0.122. The molecule has 0 saturated carbocycles. The predicted octanol–water partition coefficient (Wildman–Crippen LogP) is 3.69. The van der Waals surface area contributed by atoms with Crippen LogP contribution < -0.4 is 0 Å². The van der Waals surface area contributed by atoms with Gasteiger partial charge in [-0.3, -0.25) is 9.69 Å². The lowest BCUT2D eigenvalue weighted by Crippen LogP contribution is -2.52. The zero-order valence-corrected chi connectivity index (χ0v) is 13.2. The highest BCUT2D eigenvalue weighted by Crippen LogP contribution is 2.39. The summed E-state index contributed by atoms with van der Waals surface area (Å²) in [5.74, 6) is 0.333. The molecule has 0 spiro atoms. The summed E-state index contributed by atoms with van der Waals surface area (Å²) < 4.78 is 4.84. The molecule has 2 aromatic rings. The van der Waals surface area contributed by atoms with Crippen LogP contribution >= 0.6 is 0 Å². The van der Waals surface area contributed by atoms with E-state index in [0.717, 1.165) is 19.4 Å². The number of carbonyl (C=O) groups is 1. The molecule has 4 rings (SSSR count). The van der Waals surface area contributed by atoms with E-state index in [0.29, 0.717) is 17.6 Å². The van der Waals surface area contributed by atoms with Crippen LogP contribution in [0, 0.1) is 5.92 Å². The number of nitrogens with zero attached hydrogens (tertiary/aromatic N) is 2. The van der Waals surface area contributed by atoms with E-state index in [1.807, 2.05) is 0 Å². The Balaban J connectivity index is 1.49. The molecular weight excluding hydrogens is 288 g/mol. The number of piperidine rings is 2. The number of aromatic nitrogens is 1. The molecule has 120 valence electrons. The fraction of sp³-hybridized carbons (Fsp3) is 0.474. The zero-order valence-electron chi connectivity index (χ0n) is 13.2. The molecule has 2 aliphatic heterocycles. The van der Waals surface area contributed by atoms with Crippen LogP contribution in [-0.2, 0) is 6.54 Å². The largest absolute Gasteiger partial charge is 0.364 e. The third-order valence-electron chi connectivity index (χ3n) is 5.42. The maximum Gasteiger partial charge on any atom is 0.170 e. The van der Waals surface area contributed by atoms with Gasteiger partial charge in [0.25, 0.3) is 0 Å². The number of hydrogen-bond acceptors (Lipinski definition) is 4. The molecule has 2 fully saturated rings. The minimum atomic E-state index is 0.122. The van der Waals surface area contributed by atoms with Crippen molar-refractivity contribution in [3.8, 4) is 0 Å². The molecule has 0 aliphatic carbocycles. The molecule has 4 heteroatoms. The normalized spacial score (nSPS) is 27.7. The molecule has 2 bridgehead atoms. The van der Waals surface area contributed by atoms with Crippen LogP contribution in [0.3, 0.4) is 0 Å². The predicted molar refractivity (Wildman–Crippen MR) is 87.0 cm³/mol. The summed E-state index contributed by atoms with van der Waals surface area (Å²) in [6.45, 7) is 1.00. The van der Waals surface area contributed by atoms with Crippen molar-refractivity contribution >= 4 is 5.78 Å². The fourth-order valence-electron chi connectivity index (χ4n) is 4.31. The molecule has 1 aromatic carbocycles. The van der Waals surface area contributed by atoms with Gasteiger partial charge in [0.05, 0.1) is 11.8 Å². The van der Waals surface area contributed by atoms with E-state index in [2.05, 4.69) is 40.4 Å². The summed E-state index contributed by atoms with van der Waals surface area (Å²) in [5.41, 5.74) is 2.00. The first-order chi connectivity index (χ1) is 11.3. The number of fused-ring (bicyclic) bond motifs is 2. The Morgan fingerprint density at radius 1 is 1.17 bits per heavy atom. The third-order valence-corrected chi connectivity index (χ3v) is 5.42.